The third-order valence-corrected chi connectivity index (χ3v) is 7.15. The van der Waals surface area contributed by atoms with Crippen LogP contribution in [0.5, 0.6) is 0 Å². The zero-order valence-corrected chi connectivity index (χ0v) is 14.3. The van der Waals surface area contributed by atoms with E-state index in [1.54, 1.807) is 12.1 Å². The number of nitrogens with zero attached hydrogens (tertiary/aromatic N) is 2. The maximum absolute atomic E-state index is 13.0. The van der Waals surface area contributed by atoms with Crippen LogP contribution in [0.15, 0.2) is 29.2 Å². The molecule has 6 nitrogen and oxygen atoms in total. The van der Waals surface area contributed by atoms with Crippen molar-refractivity contribution in [1.82, 2.24) is 9.21 Å². The highest BCUT2D eigenvalue weighted by Gasteiger charge is 2.58. The highest BCUT2D eigenvalue weighted by molar-refractivity contribution is 7.89. The average molecular weight is 359 g/mol. The minimum absolute atomic E-state index is 0.0294. The molecule has 0 bridgehead atoms. The van der Waals surface area contributed by atoms with Crippen molar-refractivity contribution in [2.24, 2.45) is 0 Å². The summed E-state index contributed by atoms with van der Waals surface area (Å²) in [6.45, 7) is 3.34. The van der Waals surface area contributed by atoms with Crippen LogP contribution in [0.3, 0.4) is 0 Å². The molecule has 3 rings (SSSR count). The second-order valence-corrected chi connectivity index (χ2v) is 8.48. The van der Waals surface area contributed by atoms with Crippen LogP contribution in [0, 0.1) is 0 Å². The molecular formula is C15H19ClN2O4S. The normalized spacial score (nSPS) is 29.4. The van der Waals surface area contributed by atoms with E-state index >= 15 is 0 Å². The molecule has 0 saturated carbocycles. The lowest BCUT2D eigenvalue weighted by molar-refractivity contribution is -0.149. The van der Waals surface area contributed by atoms with Crippen molar-refractivity contribution in [3.05, 3.63) is 29.3 Å². The standard InChI is InChI=1S/C15H19ClN2O4S/c1-15(14(19)20)13(17-7-3-8-17)6-9-18(15)23(21,22)12-5-2-4-11(16)10-12/h2,4-5,10,13H,3,6-9H2,1H3,(H,19,20). The van der Waals surface area contributed by atoms with Gasteiger partial charge < -0.3 is 5.11 Å². The van der Waals surface area contributed by atoms with Gasteiger partial charge in [0.25, 0.3) is 0 Å². The minimum atomic E-state index is -3.92. The fourth-order valence-electron chi connectivity index (χ4n) is 3.48. The maximum atomic E-state index is 13.0. The van der Waals surface area contributed by atoms with Crippen LogP contribution in [0.1, 0.15) is 19.8 Å². The molecule has 1 N–H and O–H groups in total. The lowest BCUT2D eigenvalue weighted by Crippen LogP contribution is -2.62. The van der Waals surface area contributed by atoms with Gasteiger partial charge in [-0.15, -0.1) is 0 Å². The van der Waals surface area contributed by atoms with Crippen molar-refractivity contribution in [2.75, 3.05) is 19.6 Å². The maximum Gasteiger partial charge on any atom is 0.326 e. The summed E-state index contributed by atoms with van der Waals surface area (Å²) < 4.78 is 27.1. The van der Waals surface area contributed by atoms with Gasteiger partial charge in [0.2, 0.25) is 10.0 Å². The summed E-state index contributed by atoms with van der Waals surface area (Å²) in [4.78, 5) is 14.1. The van der Waals surface area contributed by atoms with Gasteiger partial charge in [-0.05, 0) is 51.1 Å². The number of carbonyl (C=O) groups is 1. The van der Waals surface area contributed by atoms with Gasteiger partial charge in [0.1, 0.15) is 5.54 Å². The van der Waals surface area contributed by atoms with E-state index in [0.29, 0.717) is 11.4 Å². The quantitative estimate of drug-likeness (QED) is 0.885. The molecule has 0 amide bonds. The molecular weight excluding hydrogens is 340 g/mol. The van der Waals surface area contributed by atoms with E-state index in [2.05, 4.69) is 4.90 Å². The molecule has 2 atom stereocenters. The molecule has 2 fully saturated rings. The van der Waals surface area contributed by atoms with Crippen LogP contribution in [0.25, 0.3) is 0 Å². The number of hydrogen-bond donors (Lipinski definition) is 1. The first-order chi connectivity index (χ1) is 10.8. The van der Waals surface area contributed by atoms with Crippen molar-refractivity contribution in [3.8, 4) is 0 Å². The predicted molar refractivity (Wildman–Crippen MR) is 86.0 cm³/mol. The summed E-state index contributed by atoms with van der Waals surface area (Å²) in [5.74, 6) is -1.11. The Morgan fingerprint density at radius 2 is 2.04 bits per heavy atom. The fraction of sp³-hybridized carbons (Fsp3) is 0.533. The molecule has 2 unspecified atom stereocenters. The van der Waals surface area contributed by atoms with Crippen molar-refractivity contribution < 1.29 is 18.3 Å². The molecule has 8 heteroatoms. The molecule has 2 saturated heterocycles. The highest BCUT2D eigenvalue weighted by Crippen LogP contribution is 2.39. The van der Waals surface area contributed by atoms with Crippen LogP contribution >= 0.6 is 11.6 Å². The number of benzene rings is 1. The Balaban J connectivity index is 2.02. The second kappa shape index (κ2) is 5.73. The van der Waals surface area contributed by atoms with E-state index in [9.17, 15) is 18.3 Å². The van der Waals surface area contributed by atoms with Gasteiger partial charge in [0, 0.05) is 17.6 Å². The van der Waals surface area contributed by atoms with Crippen LogP contribution in [-0.4, -0.2) is 59.9 Å². The van der Waals surface area contributed by atoms with Gasteiger partial charge in [-0.25, -0.2) is 8.42 Å². The van der Waals surface area contributed by atoms with Crippen LogP contribution in [0.2, 0.25) is 5.02 Å². The zero-order valence-electron chi connectivity index (χ0n) is 12.8. The summed E-state index contributed by atoms with van der Waals surface area (Å²) >= 11 is 5.89. The van der Waals surface area contributed by atoms with Gasteiger partial charge in [-0.2, -0.15) is 4.31 Å². The van der Waals surface area contributed by atoms with Gasteiger partial charge >= 0.3 is 5.97 Å². The summed E-state index contributed by atoms with van der Waals surface area (Å²) in [6.07, 6.45) is 1.54. The van der Waals surface area contributed by atoms with Crippen molar-refractivity contribution >= 4 is 27.6 Å². The Hall–Kier alpha value is -1.15. The molecule has 0 aromatic heterocycles. The van der Waals surface area contributed by atoms with Gasteiger partial charge in [0.05, 0.1) is 4.90 Å². The molecule has 0 spiro atoms. The second-order valence-electron chi connectivity index (χ2n) is 6.18. The van der Waals surface area contributed by atoms with E-state index < -0.39 is 21.5 Å². The molecule has 2 aliphatic rings. The monoisotopic (exact) mass is 358 g/mol. The third-order valence-electron chi connectivity index (χ3n) is 4.92. The molecule has 0 aliphatic carbocycles. The highest BCUT2D eigenvalue weighted by atomic mass is 35.5. The Kier molecular flexibility index (Phi) is 4.16. The molecule has 2 aliphatic heterocycles. The van der Waals surface area contributed by atoms with Crippen LogP contribution in [0.4, 0.5) is 0 Å². The number of halogens is 1. The van der Waals surface area contributed by atoms with E-state index in [4.69, 9.17) is 11.6 Å². The first kappa shape index (κ1) is 16.7. The van der Waals surface area contributed by atoms with Crippen LogP contribution < -0.4 is 0 Å². The minimum Gasteiger partial charge on any atom is -0.480 e. The SMILES string of the molecule is CC1(C(=O)O)C(N2CCC2)CCN1S(=O)(=O)c1cccc(Cl)c1. The number of hydrogen-bond acceptors (Lipinski definition) is 4. The van der Waals surface area contributed by atoms with Crippen molar-refractivity contribution in [3.63, 3.8) is 0 Å². The predicted octanol–water partition coefficient (Wildman–Crippen LogP) is 1.65. The van der Waals surface area contributed by atoms with Gasteiger partial charge in [-0.3, -0.25) is 9.69 Å². The number of carboxylic acids is 1. The Morgan fingerprint density at radius 3 is 2.57 bits per heavy atom. The summed E-state index contributed by atoms with van der Waals surface area (Å²) in [5.41, 5.74) is -1.47. The van der Waals surface area contributed by atoms with Crippen molar-refractivity contribution in [2.45, 2.75) is 36.2 Å². The van der Waals surface area contributed by atoms with Gasteiger partial charge in [-0.1, -0.05) is 17.7 Å². The van der Waals surface area contributed by atoms with E-state index in [1.807, 2.05) is 0 Å². The topological polar surface area (TPSA) is 77.9 Å². The summed E-state index contributed by atoms with van der Waals surface area (Å²) in [5, 5.41) is 10.1. The lowest BCUT2D eigenvalue weighted by Gasteiger charge is -2.44. The molecule has 126 valence electrons. The number of carboxylic acid groups (broad SMARTS) is 1. The molecule has 1 aromatic rings. The number of rotatable bonds is 4. The third kappa shape index (κ3) is 2.55. The van der Waals surface area contributed by atoms with E-state index in [0.717, 1.165) is 23.8 Å². The lowest BCUT2D eigenvalue weighted by atomic mass is 9.91. The Morgan fingerprint density at radius 1 is 1.35 bits per heavy atom. The molecule has 2 heterocycles. The fourth-order valence-corrected chi connectivity index (χ4v) is 5.56. The Labute approximate surface area is 140 Å². The first-order valence-electron chi connectivity index (χ1n) is 7.54. The smallest absolute Gasteiger partial charge is 0.326 e. The van der Waals surface area contributed by atoms with Crippen molar-refractivity contribution in [1.29, 1.82) is 0 Å². The Bertz CT molecular complexity index is 735. The number of likely N-dealkylation sites (tertiary alicyclic amines) is 1. The summed E-state index contributed by atoms with van der Waals surface area (Å²) in [6, 6.07) is 5.64. The first-order valence-corrected chi connectivity index (χ1v) is 9.35. The van der Waals surface area contributed by atoms with Gasteiger partial charge in [0.15, 0.2) is 0 Å². The number of aliphatic carboxylic acids is 1. The number of sulfonamides is 1. The molecule has 1 aromatic carbocycles. The summed E-state index contributed by atoms with van der Waals surface area (Å²) in [7, 11) is -3.92. The zero-order chi connectivity index (χ0) is 16.8. The largest absolute Gasteiger partial charge is 0.480 e. The average Bonchev–Trinajstić information content (AvgIpc) is 2.77. The molecule has 0 radical (unpaired) electrons. The van der Waals surface area contributed by atoms with Crippen LogP contribution in [-0.2, 0) is 14.8 Å². The van der Waals surface area contributed by atoms with E-state index in [-0.39, 0.29) is 17.5 Å². The van der Waals surface area contributed by atoms with E-state index in [1.165, 1.54) is 19.1 Å². The molecule has 23 heavy (non-hydrogen) atoms.